The summed E-state index contributed by atoms with van der Waals surface area (Å²) in [6.07, 6.45) is 0. The molecular weight excluding hydrogens is 176 g/mol. The first kappa shape index (κ1) is 8.87. The second kappa shape index (κ2) is 3.97. The van der Waals surface area contributed by atoms with E-state index in [0.717, 1.165) is 5.75 Å². The number of hydrogen-bond donors (Lipinski definition) is 1. The van der Waals surface area contributed by atoms with Crippen LogP contribution in [0, 0.1) is 0 Å². The first-order valence-electron chi connectivity index (χ1n) is 3.49. The summed E-state index contributed by atoms with van der Waals surface area (Å²) in [5, 5.41) is 0.663. The van der Waals surface area contributed by atoms with E-state index < -0.39 is 0 Å². The van der Waals surface area contributed by atoms with Crippen molar-refractivity contribution in [2.24, 2.45) is 0 Å². The van der Waals surface area contributed by atoms with Gasteiger partial charge in [-0.3, -0.25) is 0 Å². The Morgan fingerprint density at radius 3 is 2.91 bits per heavy atom. The van der Waals surface area contributed by atoms with Gasteiger partial charge in [0.1, 0.15) is 5.82 Å². The Morgan fingerprint density at radius 2 is 2.45 bits per heavy atom. The minimum Gasteiger partial charge on any atom is -0.383 e. The highest BCUT2D eigenvalue weighted by Gasteiger charge is 2.02. The van der Waals surface area contributed by atoms with E-state index in [9.17, 15) is 0 Å². The molecule has 2 N–H and O–H groups in total. The molecule has 11 heavy (non-hydrogen) atoms. The fourth-order valence-electron chi connectivity index (χ4n) is 0.629. The number of thioether (sulfide) groups is 1. The van der Waals surface area contributed by atoms with Crippen molar-refractivity contribution < 1.29 is 0 Å². The summed E-state index contributed by atoms with van der Waals surface area (Å²) in [5.41, 5.74) is 7.41. The van der Waals surface area contributed by atoms with Crippen LogP contribution in [0.5, 0.6) is 0 Å². The maximum Gasteiger partial charge on any atom is 0.138 e. The highest BCUT2D eigenvalue weighted by atomic mass is 32.2. The lowest BCUT2D eigenvalue weighted by molar-refractivity contribution is 1.11. The summed E-state index contributed by atoms with van der Waals surface area (Å²) in [5.74, 6) is 1.69. The van der Waals surface area contributed by atoms with Gasteiger partial charge in [0.15, 0.2) is 0 Å². The number of thiazole rings is 1. The molecule has 0 saturated heterocycles. The van der Waals surface area contributed by atoms with Gasteiger partial charge in [-0.2, -0.15) is 11.8 Å². The number of hydrogen-bond acceptors (Lipinski definition) is 4. The molecule has 0 unspecified atom stereocenters. The Bertz CT molecular complexity index is 220. The van der Waals surface area contributed by atoms with Gasteiger partial charge in [0.05, 0.1) is 10.4 Å². The summed E-state index contributed by atoms with van der Waals surface area (Å²) < 4.78 is 0. The molecule has 1 aromatic heterocycles. The minimum absolute atomic E-state index is 0.663. The van der Waals surface area contributed by atoms with E-state index in [0.29, 0.717) is 11.1 Å². The quantitative estimate of drug-likeness (QED) is 0.791. The number of nitrogen functional groups attached to an aromatic ring is 1. The van der Waals surface area contributed by atoms with Crippen molar-refractivity contribution >= 4 is 28.9 Å². The van der Waals surface area contributed by atoms with Gasteiger partial charge in [-0.15, -0.1) is 11.3 Å². The average Bonchev–Trinajstić information content (AvgIpc) is 2.31. The van der Waals surface area contributed by atoms with E-state index in [1.807, 2.05) is 11.8 Å². The third kappa shape index (κ3) is 2.71. The van der Waals surface area contributed by atoms with Crippen LogP contribution < -0.4 is 5.73 Å². The molecule has 0 bridgehead atoms. The molecule has 0 atom stereocenters. The zero-order valence-corrected chi connectivity index (χ0v) is 8.34. The van der Waals surface area contributed by atoms with Crippen LogP contribution in [0.15, 0.2) is 5.51 Å². The van der Waals surface area contributed by atoms with E-state index in [2.05, 4.69) is 18.8 Å². The number of aromatic nitrogens is 1. The maximum absolute atomic E-state index is 5.61. The summed E-state index contributed by atoms with van der Waals surface area (Å²) >= 11 is 3.53. The van der Waals surface area contributed by atoms with Gasteiger partial charge < -0.3 is 5.73 Å². The van der Waals surface area contributed by atoms with Crippen LogP contribution in [0.3, 0.4) is 0 Å². The van der Waals surface area contributed by atoms with E-state index in [4.69, 9.17) is 5.73 Å². The normalized spacial score (nSPS) is 10.8. The summed E-state index contributed by atoms with van der Waals surface area (Å²) in [6, 6.07) is 0. The van der Waals surface area contributed by atoms with Gasteiger partial charge >= 0.3 is 0 Å². The van der Waals surface area contributed by atoms with Crippen LogP contribution in [0.4, 0.5) is 5.82 Å². The van der Waals surface area contributed by atoms with E-state index >= 15 is 0 Å². The molecule has 1 aromatic rings. The Kier molecular flexibility index (Phi) is 3.20. The van der Waals surface area contributed by atoms with Gasteiger partial charge in [-0.25, -0.2) is 4.98 Å². The molecule has 0 saturated carbocycles. The largest absolute Gasteiger partial charge is 0.383 e. The zero-order chi connectivity index (χ0) is 8.27. The van der Waals surface area contributed by atoms with Crippen molar-refractivity contribution in [1.82, 2.24) is 4.98 Å². The number of rotatable bonds is 3. The Labute approximate surface area is 75.2 Å². The Balaban J connectivity index is 2.44. The smallest absolute Gasteiger partial charge is 0.138 e. The fraction of sp³-hybridized carbons (Fsp3) is 0.571. The molecule has 1 heterocycles. The van der Waals surface area contributed by atoms with Crippen LogP contribution in [0.1, 0.15) is 18.7 Å². The monoisotopic (exact) mass is 188 g/mol. The first-order valence-corrected chi connectivity index (χ1v) is 5.42. The summed E-state index contributed by atoms with van der Waals surface area (Å²) in [4.78, 5) is 5.18. The molecule has 0 amide bonds. The topological polar surface area (TPSA) is 38.9 Å². The van der Waals surface area contributed by atoms with Crippen molar-refractivity contribution in [2.45, 2.75) is 24.9 Å². The Hall–Kier alpha value is -0.220. The average molecular weight is 188 g/mol. The van der Waals surface area contributed by atoms with Crippen molar-refractivity contribution in [1.29, 1.82) is 0 Å². The van der Waals surface area contributed by atoms with Crippen LogP contribution >= 0.6 is 23.1 Å². The molecular formula is C7H12N2S2. The Morgan fingerprint density at radius 1 is 1.73 bits per heavy atom. The van der Waals surface area contributed by atoms with E-state index in [1.54, 1.807) is 16.8 Å². The van der Waals surface area contributed by atoms with Crippen LogP contribution in [-0.2, 0) is 5.75 Å². The van der Waals surface area contributed by atoms with E-state index in [1.165, 1.54) is 4.88 Å². The highest BCUT2D eigenvalue weighted by molar-refractivity contribution is 7.99. The second-order valence-corrected chi connectivity index (χ2v) is 5.02. The molecule has 4 heteroatoms. The predicted octanol–water partition coefficient (Wildman–Crippen LogP) is 2.37. The molecule has 62 valence electrons. The van der Waals surface area contributed by atoms with Crippen molar-refractivity contribution in [3.05, 3.63) is 10.4 Å². The highest BCUT2D eigenvalue weighted by Crippen LogP contribution is 2.23. The molecule has 1 rings (SSSR count). The third-order valence-corrected chi connectivity index (χ3v) is 3.37. The lowest BCUT2D eigenvalue weighted by Crippen LogP contribution is -1.91. The molecule has 0 aliphatic rings. The molecule has 0 aliphatic carbocycles. The van der Waals surface area contributed by atoms with Gasteiger partial charge in [-0.05, 0) is 5.25 Å². The molecule has 0 aromatic carbocycles. The first-order chi connectivity index (χ1) is 5.20. The van der Waals surface area contributed by atoms with Crippen molar-refractivity contribution in [3.63, 3.8) is 0 Å². The van der Waals surface area contributed by atoms with Crippen molar-refractivity contribution in [2.75, 3.05) is 5.73 Å². The van der Waals surface area contributed by atoms with E-state index in [-0.39, 0.29) is 0 Å². The van der Waals surface area contributed by atoms with Gasteiger partial charge in [0, 0.05) is 5.75 Å². The fourth-order valence-corrected chi connectivity index (χ4v) is 2.21. The molecule has 0 radical (unpaired) electrons. The number of nitrogens with two attached hydrogens (primary N) is 1. The molecule has 2 nitrogen and oxygen atoms in total. The predicted molar refractivity (Wildman–Crippen MR) is 53.0 cm³/mol. The van der Waals surface area contributed by atoms with Crippen LogP contribution in [0.25, 0.3) is 0 Å². The third-order valence-electron chi connectivity index (χ3n) is 1.22. The number of anilines is 1. The summed E-state index contributed by atoms with van der Waals surface area (Å²) in [7, 11) is 0. The van der Waals surface area contributed by atoms with Crippen LogP contribution in [0.2, 0.25) is 0 Å². The number of nitrogens with zero attached hydrogens (tertiary/aromatic N) is 1. The SMILES string of the molecule is CC(C)SCc1scnc1N. The second-order valence-electron chi connectivity index (χ2n) is 2.52. The molecule has 0 spiro atoms. The van der Waals surface area contributed by atoms with Crippen molar-refractivity contribution in [3.8, 4) is 0 Å². The van der Waals surface area contributed by atoms with Gasteiger partial charge in [0.2, 0.25) is 0 Å². The molecule has 0 fully saturated rings. The maximum atomic E-state index is 5.61. The molecule has 0 aliphatic heterocycles. The minimum atomic E-state index is 0.663. The lowest BCUT2D eigenvalue weighted by atomic mass is 10.6. The van der Waals surface area contributed by atoms with Gasteiger partial charge in [0.25, 0.3) is 0 Å². The standard InChI is InChI=1S/C7H12N2S2/c1-5(2)10-3-6-7(8)9-4-11-6/h4-5H,3,8H2,1-2H3. The lowest BCUT2D eigenvalue weighted by Gasteiger charge is -2.01. The zero-order valence-electron chi connectivity index (χ0n) is 6.70. The summed E-state index contributed by atoms with van der Waals surface area (Å²) in [6.45, 7) is 4.36. The van der Waals surface area contributed by atoms with Crippen LogP contribution in [-0.4, -0.2) is 10.2 Å². The van der Waals surface area contributed by atoms with Gasteiger partial charge in [-0.1, -0.05) is 13.8 Å².